The summed E-state index contributed by atoms with van der Waals surface area (Å²) < 4.78 is 0. The first kappa shape index (κ1) is 12.1. The molecule has 92 valence electrons. The molecule has 0 spiro atoms. The van der Waals surface area contributed by atoms with E-state index < -0.39 is 0 Å². The van der Waals surface area contributed by atoms with Crippen LogP contribution >= 0.6 is 0 Å². The van der Waals surface area contributed by atoms with Crippen molar-refractivity contribution >= 4 is 5.91 Å². The molecule has 1 aromatic heterocycles. The molecule has 1 amide bonds. The molecule has 0 aromatic carbocycles. The minimum absolute atomic E-state index is 0.0949. The van der Waals surface area contributed by atoms with Crippen LogP contribution in [0.1, 0.15) is 38.3 Å². The number of hydrogen-bond donors (Lipinski definition) is 0. The maximum atomic E-state index is 12.0. The first-order chi connectivity index (χ1) is 8.18. The second-order valence-electron chi connectivity index (χ2n) is 5.03. The van der Waals surface area contributed by atoms with Crippen LogP contribution in [-0.2, 0) is 4.79 Å². The lowest BCUT2D eigenvalue weighted by molar-refractivity contribution is -0.135. The Morgan fingerprint density at radius 2 is 2.29 bits per heavy atom. The predicted molar refractivity (Wildman–Crippen MR) is 67.6 cm³/mol. The van der Waals surface area contributed by atoms with Crippen LogP contribution in [-0.4, -0.2) is 28.9 Å². The van der Waals surface area contributed by atoms with Gasteiger partial charge in [-0.15, -0.1) is 0 Å². The molecule has 0 bridgehead atoms. The number of carbonyl (C=O) groups excluding carboxylic acids is 1. The van der Waals surface area contributed by atoms with Gasteiger partial charge in [0, 0.05) is 36.8 Å². The molecule has 2 rings (SSSR count). The van der Waals surface area contributed by atoms with E-state index in [4.69, 9.17) is 0 Å². The van der Waals surface area contributed by atoms with Crippen molar-refractivity contribution in [3.63, 3.8) is 0 Å². The Hall–Kier alpha value is -1.38. The maximum Gasteiger partial charge on any atom is 0.225 e. The number of nitrogens with zero attached hydrogens (tertiary/aromatic N) is 2. The lowest BCUT2D eigenvalue weighted by Gasteiger charge is -2.33. The summed E-state index contributed by atoms with van der Waals surface area (Å²) in [7, 11) is 0. The van der Waals surface area contributed by atoms with Crippen LogP contribution in [0.4, 0.5) is 0 Å². The van der Waals surface area contributed by atoms with Crippen molar-refractivity contribution in [1.82, 2.24) is 9.88 Å². The van der Waals surface area contributed by atoms with Gasteiger partial charge in [0.2, 0.25) is 5.91 Å². The van der Waals surface area contributed by atoms with Gasteiger partial charge in [0.15, 0.2) is 0 Å². The van der Waals surface area contributed by atoms with E-state index in [9.17, 15) is 4.79 Å². The average molecular weight is 232 g/mol. The topological polar surface area (TPSA) is 33.2 Å². The number of carbonyl (C=O) groups is 1. The SMILES string of the molecule is CC(C)C(=O)N1CCC[C@H](c2ccccn2)C1. The first-order valence-electron chi connectivity index (χ1n) is 6.38. The third-order valence-electron chi connectivity index (χ3n) is 3.33. The Morgan fingerprint density at radius 1 is 1.47 bits per heavy atom. The minimum atomic E-state index is 0.0949. The lowest BCUT2D eigenvalue weighted by atomic mass is 9.93. The smallest absolute Gasteiger partial charge is 0.225 e. The quantitative estimate of drug-likeness (QED) is 0.784. The normalized spacial score (nSPS) is 20.6. The van der Waals surface area contributed by atoms with Crippen LogP contribution in [0.5, 0.6) is 0 Å². The summed E-state index contributed by atoms with van der Waals surface area (Å²) in [5.74, 6) is 0.774. The molecule has 0 saturated carbocycles. The number of likely N-dealkylation sites (tertiary alicyclic amines) is 1. The second kappa shape index (κ2) is 5.30. The molecule has 1 saturated heterocycles. The van der Waals surface area contributed by atoms with Gasteiger partial charge in [-0.1, -0.05) is 19.9 Å². The highest BCUT2D eigenvalue weighted by atomic mass is 16.2. The molecule has 1 aliphatic rings. The Kier molecular flexibility index (Phi) is 3.77. The average Bonchev–Trinajstić information content (AvgIpc) is 2.39. The van der Waals surface area contributed by atoms with Crippen molar-refractivity contribution in [2.75, 3.05) is 13.1 Å². The molecule has 1 fully saturated rings. The zero-order valence-electron chi connectivity index (χ0n) is 10.6. The number of piperidine rings is 1. The van der Waals surface area contributed by atoms with E-state index in [-0.39, 0.29) is 11.8 Å². The molecular weight excluding hydrogens is 212 g/mol. The number of aromatic nitrogens is 1. The van der Waals surface area contributed by atoms with Crippen molar-refractivity contribution in [3.8, 4) is 0 Å². The van der Waals surface area contributed by atoms with Gasteiger partial charge in [-0.2, -0.15) is 0 Å². The zero-order valence-corrected chi connectivity index (χ0v) is 10.6. The van der Waals surface area contributed by atoms with Gasteiger partial charge < -0.3 is 4.90 Å². The minimum Gasteiger partial charge on any atom is -0.342 e. The van der Waals surface area contributed by atoms with Crippen LogP contribution in [0.2, 0.25) is 0 Å². The maximum absolute atomic E-state index is 12.0. The molecule has 2 heterocycles. The van der Waals surface area contributed by atoms with Crippen LogP contribution in [0.15, 0.2) is 24.4 Å². The Balaban J connectivity index is 2.05. The number of hydrogen-bond acceptors (Lipinski definition) is 2. The number of pyridine rings is 1. The monoisotopic (exact) mass is 232 g/mol. The van der Waals surface area contributed by atoms with E-state index in [2.05, 4.69) is 11.1 Å². The Bertz CT molecular complexity index is 375. The molecule has 1 aliphatic heterocycles. The van der Waals surface area contributed by atoms with Gasteiger partial charge >= 0.3 is 0 Å². The highest BCUT2D eigenvalue weighted by Crippen LogP contribution is 2.25. The molecule has 1 atom stereocenters. The highest BCUT2D eigenvalue weighted by Gasteiger charge is 2.26. The number of amides is 1. The van der Waals surface area contributed by atoms with E-state index >= 15 is 0 Å². The molecule has 0 unspecified atom stereocenters. The van der Waals surface area contributed by atoms with Gasteiger partial charge in [0.25, 0.3) is 0 Å². The van der Waals surface area contributed by atoms with Crippen molar-refractivity contribution < 1.29 is 4.79 Å². The van der Waals surface area contributed by atoms with E-state index in [1.165, 1.54) is 0 Å². The molecule has 3 heteroatoms. The third-order valence-corrected chi connectivity index (χ3v) is 3.33. The van der Waals surface area contributed by atoms with E-state index in [1.807, 2.05) is 37.1 Å². The third kappa shape index (κ3) is 2.84. The van der Waals surface area contributed by atoms with Gasteiger partial charge in [0.1, 0.15) is 0 Å². The summed E-state index contributed by atoms with van der Waals surface area (Å²) in [6, 6.07) is 6.02. The number of rotatable bonds is 2. The Morgan fingerprint density at radius 3 is 2.94 bits per heavy atom. The van der Waals surface area contributed by atoms with Crippen LogP contribution in [0, 0.1) is 5.92 Å². The zero-order chi connectivity index (χ0) is 12.3. The Labute approximate surface area is 103 Å². The van der Waals surface area contributed by atoms with Crippen molar-refractivity contribution in [2.24, 2.45) is 5.92 Å². The van der Waals surface area contributed by atoms with Crippen molar-refractivity contribution in [2.45, 2.75) is 32.6 Å². The van der Waals surface area contributed by atoms with Crippen molar-refractivity contribution in [3.05, 3.63) is 30.1 Å². The van der Waals surface area contributed by atoms with Crippen LogP contribution < -0.4 is 0 Å². The first-order valence-corrected chi connectivity index (χ1v) is 6.38. The lowest BCUT2D eigenvalue weighted by Crippen LogP contribution is -2.41. The molecule has 0 aliphatic carbocycles. The van der Waals surface area contributed by atoms with Crippen molar-refractivity contribution in [1.29, 1.82) is 0 Å². The largest absolute Gasteiger partial charge is 0.342 e. The molecule has 17 heavy (non-hydrogen) atoms. The standard InChI is InChI=1S/C14H20N2O/c1-11(2)14(17)16-9-5-6-12(10-16)13-7-3-4-8-15-13/h3-4,7-8,11-12H,5-6,9-10H2,1-2H3/t12-/m0/s1. The fourth-order valence-corrected chi connectivity index (χ4v) is 2.40. The van der Waals surface area contributed by atoms with Crippen LogP contribution in [0.3, 0.4) is 0 Å². The van der Waals surface area contributed by atoms with Gasteiger partial charge in [-0.05, 0) is 25.0 Å². The summed E-state index contributed by atoms with van der Waals surface area (Å²) >= 11 is 0. The predicted octanol–water partition coefficient (Wildman–Crippen LogP) is 2.44. The highest BCUT2D eigenvalue weighted by molar-refractivity contribution is 5.78. The summed E-state index contributed by atoms with van der Waals surface area (Å²) in [5.41, 5.74) is 1.12. The van der Waals surface area contributed by atoms with Crippen LogP contribution in [0.25, 0.3) is 0 Å². The molecule has 0 N–H and O–H groups in total. The summed E-state index contributed by atoms with van der Waals surface area (Å²) in [5, 5.41) is 0. The van der Waals surface area contributed by atoms with E-state index in [0.29, 0.717) is 5.92 Å². The van der Waals surface area contributed by atoms with Gasteiger partial charge in [0.05, 0.1) is 0 Å². The van der Waals surface area contributed by atoms with E-state index in [0.717, 1.165) is 31.6 Å². The molecular formula is C14H20N2O. The molecule has 3 nitrogen and oxygen atoms in total. The molecule has 0 radical (unpaired) electrons. The summed E-state index contributed by atoms with van der Waals surface area (Å²) in [4.78, 5) is 18.4. The summed E-state index contributed by atoms with van der Waals surface area (Å²) in [6.45, 7) is 5.66. The van der Waals surface area contributed by atoms with E-state index in [1.54, 1.807) is 0 Å². The fourth-order valence-electron chi connectivity index (χ4n) is 2.40. The fraction of sp³-hybridized carbons (Fsp3) is 0.571. The summed E-state index contributed by atoms with van der Waals surface area (Å²) in [6.07, 6.45) is 4.05. The van der Waals surface area contributed by atoms with Gasteiger partial charge in [-0.3, -0.25) is 9.78 Å². The molecule has 1 aromatic rings. The second-order valence-corrected chi connectivity index (χ2v) is 5.03. The van der Waals surface area contributed by atoms with Gasteiger partial charge in [-0.25, -0.2) is 0 Å².